The van der Waals surface area contributed by atoms with Crippen LogP contribution in [-0.4, -0.2) is 42.6 Å². The molecular weight excluding hydrogens is 346 g/mol. The van der Waals surface area contributed by atoms with Crippen molar-refractivity contribution >= 4 is 17.7 Å². The van der Waals surface area contributed by atoms with Gasteiger partial charge >= 0.3 is 0 Å². The summed E-state index contributed by atoms with van der Waals surface area (Å²) in [6, 6.07) is 3.92. The van der Waals surface area contributed by atoms with Crippen LogP contribution in [0.25, 0.3) is 5.70 Å². The lowest BCUT2D eigenvalue weighted by atomic mass is 10.1. The summed E-state index contributed by atoms with van der Waals surface area (Å²) in [4.78, 5) is 14.7. The van der Waals surface area contributed by atoms with E-state index in [-0.39, 0.29) is 0 Å². The molecule has 5 nitrogen and oxygen atoms in total. The average Bonchev–Trinajstić information content (AvgIpc) is 2.75. The predicted octanol–water partition coefficient (Wildman–Crippen LogP) is 4.34. The topological polar surface area (TPSA) is 52.9 Å². The highest BCUT2D eigenvalue weighted by atomic mass is 15.1. The molecule has 28 heavy (non-hydrogen) atoms. The minimum absolute atomic E-state index is 0.638. The first kappa shape index (κ1) is 21.1. The zero-order valence-electron chi connectivity index (χ0n) is 17.0. The molecule has 1 heterocycles. The van der Waals surface area contributed by atoms with E-state index in [1.54, 1.807) is 13.2 Å². The SMILES string of the molecule is C=C/C(=C\N(C)C1=CCCC=C1)CNC(=C)c1ccc(C(C)=NC=NC)nc1. The van der Waals surface area contributed by atoms with Crippen molar-refractivity contribution in [3.63, 3.8) is 0 Å². The number of hydrogen-bond donors (Lipinski definition) is 1. The van der Waals surface area contributed by atoms with Gasteiger partial charge in [-0.2, -0.15) is 0 Å². The summed E-state index contributed by atoms with van der Waals surface area (Å²) >= 11 is 0. The van der Waals surface area contributed by atoms with Crippen LogP contribution in [0.15, 0.2) is 83.2 Å². The summed E-state index contributed by atoms with van der Waals surface area (Å²) in [6.07, 6.45) is 16.1. The van der Waals surface area contributed by atoms with Gasteiger partial charge in [0, 0.05) is 50.0 Å². The monoisotopic (exact) mass is 375 g/mol. The molecule has 0 saturated heterocycles. The smallest absolute Gasteiger partial charge is 0.109 e. The predicted molar refractivity (Wildman–Crippen MR) is 120 cm³/mol. The summed E-state index contributed by atoms with van der Waals surface area (Å²) in [5, 5.41) is 3.35. The minimum Gasteiger partial charge on any atom is -0.381 e. The molecule has 0 saturated carbocycles. The Kier molecular flexibility index (Phi) is 8.15. The number of nitrogens with zero attached hydrogens (tertiary/aromatic N) is 4. The molecule has 0 aromatic carbocycles. The van der Waals surface area contributed by atoms with Gasteiger partial charge in [0.2, 0.25) is 0 Å². The van der Waals surface area contributed by atoms with Crippen LogP contribution >= 0.6 is 0 Å². The summed E-state index contributed by atoms with van der Waals surface area (Å²) in [5.74, 6) is 0. The highest BCUT2D eigenvalue weighted by Crippen LogP contribution is 2.15. The van der Waals surface area contributed by atoms with Crippen molar-refractivity contribution in [2.24, 2.45) is 9.98 Å². The van der Waals surface area contributed by atoms with Crippen molar-refractivity contribution in [1.29, 1.82) is 0 Å². The Balaban J connectivity index is 1.98. The van der Waals surface area contributed by atoms with Gasteiger partial charge < -0.3 is 10.2 Å². The fourth-order valence-corrected chi connectivity index (χ4v) is 2.66. The second-order valence-electron chi connectivity index (χ2n) is 6.48. The molecule has 0 radical (unpaired) electrons. The van der Waals surface area contributed by atoms with E-state index >= 15 is 0 Å². The first-order valence-corrected chi connectivity index (χ1v) is 9.32. The summed E-state index contributed by atoms with van der Waals surface area (Å²) in [6.45, 7) is 10.6. The third-order valence-electron chi connectivity index (χ3n) is 4.36. The zero-order chi connectivity index (χ0) is 20.4. The van der Waals surface area contributed by atoms with Gasteiger partial charge in [-0.05, 0) is 43.5 Å². The number of hydrogen-bond acceptors (Lipinski definition) is 4. The number of aliphatic imine (C=N–C) groups is 2. The van der Waals surface area contributed by atoms with Crippen molar-refractivity contribution in [2.45, 2.75) is 19.8 Å². The highest BCUT2D eigenvalue weighted by Gasteiger charge is 2.05. The van der Waals surface area contributed by atoms with Gasteiger partial charge in [0.25, 0.3) is 0 Å². The second kappa shape index (κ2) is 10.8. The Morgan fingerprint density at radius 1 is 1.36 bits per heavy atom. The molecule has 0 aliphatic heterocycles. The van der Waals surface area contributed by atoms with E-state index in [1.165, 1.54) is 12.0 Å². The van der Waals surface area contributed by atoms with E-state index in [9.17, 15) is 0 Å². The maximum absolute atomic E-state index is 4.46. The van der Waals surface area contributed by atoms with Gasteiger partial charge in [-0.15, -0.1) is 0 Å². The van der Waals surface area contributed by atoms with Gasteiger partial charge in [-0.1, -0.05) is 31.4 Å². The van der Waals surface area contributed by atoms with Gasteiger partial charge in [-0.3, -0.25) is 9.98 Å². The van der Waals surface area contributed by atoms with Gasteiger partial charge in [-0.25, -0.2) is 4.99 Å². The maximum atomic E-state index is 4.46. The lowest BCUT2D eigenvalue weighted by Gasteiger charge is -2.20. The third kappa shape index (κ3) is 6.20. The standard InChI is InChI=1S/C23H29N5/c1-6-20(16-28(5)22-10-8-7-9-11-22)14-25-18(2)21-12-13-23(26-15-21)19(3)27-17-24-4/h6,8,10-13,15-17,25H,1-2,7,9,14H2,3-5H3/b20-16+,24-17?,27-19?. The molecule has 1 aromatic rings. The van der Waals surface area contributed by atoms with Crippen molar-refractivity contribution in [3.05, 3.63) is 84.5 Å². The Hall–Kier alpha value is -3.21. The minimum atomic E-state index is 0.638. The quantitative estimate of drug-likeness (QED) is 0.397. The number of likely N-dealkylation sites (N-methyl/N-ethyl adjacent to an activating group) is 1. The van der Waals surface area contributed by atoms with E-state index < -0.39 is 0 Å². The highest BCUT2D eigenvalue weighted by molar-refractivity contribution is 6.00. The average molecular weight is 376 g/mol. The van der Waals surface area contributed by atoms with Crippen LogP contribution in [0.1, 0.15) is 31.0 Å². The fourth-order valence-electron chi connectivity index (χ4n) is 2.66. The van der Waals surface area contributed by atoms with Crippen molar-refractivity contribution in [2.75, 3.05) is 20.6 Å². The molecule has 2 rings (SSSR count). The van der Waals surface area contributed by atoms with E-state index in [4.69, 9.17) is 0 Å². The first-order valence-electron chi connectivity index (χ1n) is 9.32. The van der Waals surface area contributed by atoms with E-state index in [1.807, 2.05) is 25.1 Å². The van der Waals surface area contributed by atoms with Crippen molar-refractivity contribution in [3.8, 4) is 0 Å². The van der Waals surface area contributed by atoms with E-state index in [0.29, 0.717) is 6.54 Å². The Labute approximate surface area is 168 Å². The summed E-state index contributed by atoms with van der Waals surface area (Å²) in [7, 11) is 3.74. The molecule has 1 aromatic heterocycles. The lowest BCUT2D eigenvalue weighted by Crippen LogP contribution is -2.17. The Bertz CT molecular complexity index is 838. The number of rotatable bonds is 9. The molecule has 0 unspecified atom stereocenters. The molecule has 1 N–H and O–H groups in total. The van der Waals surface area contributed by atoms with Gasteiger partial charge in [0.05, 0.1) is 11.4 Å². The summed E-state index contributed by atoms with van der Waals surface area (Å²) in [5.41, 5.74) is 5.68. The molecule has 0 fully saturated rings. The zero-order valence-corrected chi connectivity index (χ0v) is 17.0. The van der Waals surface area contributed by atoms with Crippen LogP contribution in [0.4, 0.5) is 0 Å². The van der Waals surface area contributed by atoms with Crippen LogP contribution in [0, 0.1) is 0 Å². The van der Waals surface area contributed by atoms with Gasteiger partial charge in [0.15, 0.2) is 0 Å². The molecule has 0 spiro atoms. The maximum Gasteiger partial charge on any atom is 0.109 e. The number of nitrogens with one attached hydrogen (secondary N) is 1. The van der Waals surface area contributed by atoms with Crippen molar-refractivity contribution < 1.29 is 0 Å². The van der Waals surface area contributed by atoms with Crippen LogP contribution in [0.5, 0.6) is 0 Å². The molecular formula is C23H29N5. The molecule has 1 aliphatic carbocycles. The summed E-state index contributed by atoms with van der Waals surface area (Å²) < 4.78 is 0. The molecule has 146 valence electrons. The largest absolute Gasteiger partial charge is 0.381 e. The fraction of sp³-hybridized carbons (Fsp3) is 0.261. The molecule has 1 aliphatic rings. The Morgan fingerprint density at radius 2 is 2.18 bits per heavy atom. The number of aromatic nitrogens is 1. The van der Waals surface area contributed by atoms with E-state index in [0.717, 1.165) is 41.1 Å². The molecule has 0 bridgehead atoms. The van der Waals surface area contributed by atoms with Crippen LogP contribution in [0.2, 0.25) is 0 Å². The molecule has 0 atom stereocenters. The van der Waals surface area contributed by atoms with Crippen molar-refractivity contribution in [1.82, 2.24) is 15.2 Å². The van der Waals surface area contributed by atoms with Crippen LogP contribution < -0.4 is 5.32 Å². The number of pyridine rings is 1. The number of allylic oxidation sites excluding steroid dienone is 3. The second-order valence-corrected chi connectivity index (χ2v) is 6.48. The van der Waals surface area contributed by atoms with Crippen LogP contribution in [-0.2, 0) is 0 Å². The Morgan fingerprint density at radius 3 is 2.79 bits per heavy atom. The third-order valence-corrected chi connectivity index (χ3v) is 4.36. The van der Waals surface area contributed by atoms with E-state index in [2.05, 4.69) is 69.8 Å². The van der Waals surface area contributed by atoms with Crippen LogP contribution in [0.3, 0.4) is 0 Å². The van der Waals surface area contributed by atoms with Gasteiger partial charge in [0.1, 0.15) is 6.34 Å². The normalized spacial score (nSPS) is 14.8. The lowest BCUT2D eigenvalue weighted by molar-refractivity contribution is 0.574. The first-order chi connectivity index (χ1) is 13.5. The molecule has 5 heteroatoms. The molecule has 0 amide bonds.